The van der Waals surface area contributed by atoms with E-state index in [1.54, 1.807) is 23.1 Å². The summed E-state index contributed by atoms with van der Waals surface area (Å²) in [4.78, 5) is 25.7. The molecule has 1 atom stereocenters. The lowest BCUT2D eigenvalue weighted by molar-refractivity contribution is -0.140. The molecule has 6 nitrogen and oxygen atoms in total. The third-order valence-electron chi connectivity index (χ3n) is 3.80. The average Bonchev–Trinajstić information content (AvgIpc) is 2.67. The Balaban J connectivity index is 2.10. The summed E-state index contributed by atoms with van der Waals surface area (Å²) in [5.41, 5.74) is 0.722. The van der Waals surface area contributed by atoms with Crippen molar-refractivity contribution in [3.8, 4) is 11.5 Å². The molecule has 2 rings (SSSR count). The molecule has 1 saturated heterocycles. The Morgan fingerprint density at radius 3 is 2.81 bits per heavy atom. The molecule has 0 unspecified atom stereocenters. The molecule has 1 amide bonds. The van der Waals surface area contributed by atoms with Gasteiger partial charge in [0, 0.05) is 24.9 Å². The molecule has 0 aromatic heterocycles. The molecule has 26 heavy (non-hydrogen) atoms. The zero-order chi connectivity index (χ0) is 19.1. The number of methoxy groups -OCH3 is 2. The van der Waals surface area contributed by atoms with E-state index < -0.39 is 0 Å². The number of carbonyl (C=O) groups is 2. The molecule has 0 N–H and O–H groups in total. The van der Waals surface area contributed by atoms with Gasteiger partial charge in [0.25, 0.3) is 0 Å². The lowest BCUT2D eigenvalue weighted by Crippen LogP contribution is -2.44. The van der Waals surface area contributed by atoms with E-state index in [2.05, 4.69) is 0 Å². The van der Waals surface area contributed by atoms with Gasteiger partial charge in [0.05, 0.1) is 25.8 Å². The van der Waals surface area contributed by atoms with E-state index in [0.29, 0.717) is 42.0 Å². The van der Waals surface area contributed by atoms with Crippen molar-refractivity contribution in [2.45, 2.75) is 12.2 Å². The topological polar surface area (TPSA) is 65.1 Å². The van der Waals surface area contributed by atoms with Crippen LogP contribution in [0.15, 0.2) is 18.2 Å². The summed E-state index contributed by atoms with van der Waals surface area (Å²) < 4.78 is 15.5. The normalized spacial score (nSPS) is 17.2. The van der Waals surface area contributed by atoms with Crippen LogP contribution in [0.4, 0.5) is 0 Å². The third-order valence-corrected chi connectivity index (χ3v) is 5.24. The number of hydrogen-bond donors (Lipinski definition) is 0. The molecule has 1 fully saturated rings. The van der Waals surface area contributed by atoms with Crippen LogP contribution < -0.4 is 9.47 Å². The molecule has 0 saturated carbocycles. The number of benzene rings is 1. The number of carbonyl (C=O) groups excluding carboxylic acids is 2. The molecule has 1 aliphatic heterocycles. The molecule has 0 spiro atoms. The summed E-state index contributed by atoms with van der Waals surface area (Å²) in [7, 11) is 2.89. The lowest BCUT2D eigenvalue weighted by atomic mass is 10.1. The molecule has 8 heteroatoms. The van der Waals surface area contributed by atoms with Crippen molar-refractivity contribution < 1.29 is 23.8 Å². The Labute approximate surface area is 162 Å². The molecule has 0 bridgehead atoms. The maximum Gasteiger partial charge on any atom is 0.320 e. The minimum Gasteiger partial charge on any atom is -0.493 e. The van der Waals surface area contributed by atoms with Crippen LogP contribution in [-0.4, -0.2) is 61.7 Å². The number of thioether (sulfide) groups is 1. The van der Waals surface area contributed by atoms with Crippen LogP contribution in [0, 0.1) is 0 Å². The van der Waals surface area contributed by atoms with Gasteiger partial charge in [-0.3, -0.25) is 9.59 Å². The van der Waals surface area contributed by atoms with Crippen LogP contribution in [0.5, 0.6) is 11.5 Å². The summed E-state index contributed by atoms with van der Waals surface area (Å²) in [6.45, 7) is 3.27. The van der Waals surface area contributed by atoms with E-state index in [0.717, 1.165) is 5.56 Å². The van der Waals surface area contributed by atoms with Gasteiger partial charge in [-0.2, -0.15) is 0 Å². The van der Waals surface area contributed by atoms with Crippen molar-refractivity contribution in [1.29, 1.82) is 0 Å². The molecule has 0 radical (unpaired) electrons. The fraction of sp³-hybridized carbons (Fsp3) is 0.444. The number of hydrogen-bond acceptors (Lipinski definition) is 6. The highest BCUT2D eigenvalue weighted by Crippen LogP contribution is 2.36. The zero-order valence-corrected chi connectivity index (χ0v) is 16.6. The minimum absolute atomic E-state index is 0.164. The van der Waals surface area contributed by atoms with Gasteiger partial charge in [-0.25, -0.2) is 0 Å². The highest BCUT2D eigenvalue weighted by molar-refractivity contribution is 8.00. The number of rotatable bonds is 6. The highest BCUT2D eigenvalue weighted by atomic mass is 35.5. The van der Waals surface area contributed by atoms with Crippen LogP contribution in [0.3, 0.4) is 0 Å². The van der Waals surface area contributed by atoms with Crippen LogP contribution in [0.1, 0.15) is 12.5 Å². The van der Waals surface area contributed by atoms with E-state index in [4.69, 9.17) is 25.8 Å². The van der Waals surface area contributed by atoms with Gasteiger partial charge in [-0.05, 0) is 30.7 Å². The van der Waals surface area contributed by atoms with Crippen molar-refractivity contribution in [3.05, 3.63) is 28.8 Å². The van der Waals surface area contributed by atoms with Gasteiger partial charge < -0.3 is 19.1 Å². The molecule has 1 heterocycles. The fourth-order valence-electron chi connectivity index (χ4n) is 2.52. The van der Waals surface area contributed by atoms with Crippen LogP contribution >= 0.6 is 23.4 Å². The fourth-order valence-corrected chi connectivity index (χ4v) is 3.92. The number of amides is 1. The van der Waals surface area contributed by atoms with Gasteiger partial charge in [0.2, 0.25) is 5.91 Å². The summed E-state index contributed by atoms with van der Waals surface area (Å²) in [5.74, 6) is 1.21. The first-order chi connectivity index (χ1) is 12.5. The number of ether oxygens (including phenoxy) is 3. The molecule has 142 valence electrons. The van der Waals surface area contributed by atoms with E-state index in [-0.39, 0.29) is 17.1 Å². The molecule has 1 aromatic carbocycles. The van der Waals surface area contributed by atoms with E-state index in [1.807, 2.05) is 6.92 Å². The monoisotopic (exact) mass is 399 g/mol. The largest absolute Gasteiger partial charge is 0.493 e. The second kappa shape index (κ2) is 9.73. The Morgan fingerprint density at radius 1 is 1.38 bits per heavy atom. The first-order valence-electron chi connectivity index (χ1n) is 8.16. The molecular weight excluding hydrogens is 378 g/mol. The zero-order valence-electron chi connectivity index (χ0n) is 15.0. The Kier molecular flexibility index (Phi) is 7.66. The van der Waals surface area contributed by atoms with Crippen molar-refractivity contribution in [2.75, 3.05) is 39.7 Å². The Hall–Kier alpha value is -1.86. The number of nitrogens with zero attached hydrogens (tertiary/aromatic N) is 1. The molecule has 1 aliphatic rings. The minimum atomic E-state index is -0.342. The predicted molar refractivity (Wildman–Crippen MR) is 103 cm³/mol. The Morgan fingerprint density at radius 2 is 2.15 bits per heavy atom. The quantitative estimate of drug-likeness (QED) is 0.541. The third kappa shape index (κ3) is 5.08. The molecule has 0 aliphatic carbocycles. The van der Waals surface area contributed by atoms with E-state index in [1.165, 1.54) is 32.1 Å². The van der Waals surface area contributed by atoms with Gasteiger partial charge in [0.1, 0.15) is 5.25 Å². The summed E-state index contributed by atoms with van der Waals surface area (Å²) in [6, 6.07) is 3.46. The first-order valence-corrected chi connectivity index (χ1v) is 9.59. The van der Waals surface area contributed by atoms with Gasteiger partial charge >= 0.3 is 5.97 Å². The van der Waals surface area contributed by atoms with Crippen molar-refractivity contribution in [2.24, 2.45) is 0 Å². The van der Waals surface area contributed by atoms with Crippen molar-refractivity contribution >= 4 is 41.3 Å². The Bertz CT molecular complexity index is 694. The van der Waals surface area contributed by atoms with Crippen LogP contribution in [0.25, 0.3) is 6.08 Å². The van der Waals surface area contributed by atoms with E-state index in [9.17, 15) is 9.59 Å². The van der Waals surface area contributed by atoms with Crippen molar-refractivity contribution in [1.82, 2.24) is 4.90 Å². The summed E-state index contributed by atoms with van der Waals surface area (Å²) >= 11 is 7.74. The molecule has 1 aromatic rings. The second-order valence-corrected chi connectivity index (χ2v) is 7.19. The second-order valence-electron chi connectivity index (χ2n) is 5.47. The van der Waals surface area contributed by atoms with E-state index >= 15 is 0 Å². The first kappa shape index (κ1) is 20.5. The predicted octanol–water partition coefficient (Wildman–Crippen LogP) is 2.88. The van der Waals surface area contributed by atoms with Crippen LogP contribution in [0.2, 0.25) is 5.02 Å². The lowest BCUT2D eigenvalue weighted by Gasteiger charge is -2.30. The SMILES string of the molecule is CCOc1c(Cl)cc(/C=C/C(=O)N2CCS[C@@H](C(=O)OC)C2)cc1OC. The van der Waals surface area contributed by atoms with Gasteiger partial charge in [0.15, 0.2) is 11.5 Å². The summed E-state index contributed by atoms with van der Waals surface area (Å²) in [5, 5.41) is 0.0736. The van der Waals surface area contributed by atoms with Crippen molar-refractivity contribution in [3.63, 3.8) is 0 Å². The summed E-state index contributed by atoms with van der Waals surface area (Å²) in [6.07, 6.45) is 3.14. The average molecular weight is 400 g/mol. The smallest absolute Gasteiger partial charge is 0.320 e. The molecular formula is C18H22ClNO5S. The maximum atomic E-state index is 12.4. The van der Waals surface area contributed by atoms with Gasteiger partial charge in [-0.15, -0.1) is 11.8 Å². The van der Waals surface area contributed by atoms with Gasteiger partial charge in [-0.1, -0.05) is 11.6 Å². The van der Waals surface area contributed by atoms with Crippen LogP contribution in [-0.2, 0) is 14.3 Å². The maximum absolute atomic E-state index is 12.4. The highest BCUT2D eigenvalue weighted by Gasteiger charge is 2.28. The number of esters is 1. The number of halogens is 1. The standard InChI is InChI=1S/C18H22ClNO5S/c1-4-25-17-13(19)9-12(10-14(17)23-2)5-6-16(21)20-7-8-26-15(11-20)18(22)24-3/h5-6,9-10,15H,4,7-8,11H2,1-3H3/b6-5+/t15-/m1/s1.